The van der Waals surface area contributed by atoms with Crippen LogP contribution in [0.3, 0.4) is 0 Å². The third kappa shape index (κ3) is 3.03. The fourth-order valence-corrected chi connectivity index (χ4v) is 2.70. The van der Waals surface area contributed by atoms with Gasteiger partial charge in [0.05, 0.1) is 11.7 Å². The first kappa shape index (κ1) is 15.4. The summed E-state index contributed by atoms with van der Waals surface area (Å²) in [5, 5.41) is 4.28. The summed E-state index contributed by atoms with van der Waals surface area (Å²) in [6, 6.07) is 6.82. The van der Waals surface area contributed by atoms with Crippen molar-refractivity contribution in [2.24, 2.45) is 5.92 Å². The van der Waals surface area contributed by atoms with E-state index in [4.69, 9.17) is 0 Å². The molecule has 0 bridgehead atoms. The van der Waals surface area contributed by atoms with Crippen molar-refractivity contribution < 1.29 is 19.7 Å². The SMILES string of the molecule is C/C=C(\[NH2+]C1CC1)[C@@H]1C(=O)NC(=O)N(c2ccc(C)cc2)C1=O. The van der Waals surface area contributed by atoms with Gasteiger partial charge < -0.3 is 5.32 Å². The molecular formula is C17H20N3O3+. The average Bonchev–Trinajstić information content (AvgIpc) is 3.31. The van der Waals surface area contributed by atoms with E-state index in [1.165, 1.54) is 0 Å². The molecule has 1 heterocycles. The van der Waals surface area contributed by atoms with Crippen molar-refractivity contribution in [3.63, 3.8) is 0 Å². The Morgan fingerprint density at radius 2 is 1.87 bits per heavy atom. The normalized spacial score (nSPS) is 22.3. The van der Waals surface area contributed by atoms with E-state index in [9.17, 15) is 14.4 Å². The maximum absolute atomic E-state index is 12.8. The summed E-state index contributed by atoms with van der Waals surface area (Å²) in [4.78, 5) is 38.2. The number of nitrogens with one attached hydrogen (secondary N) is 1. The Hall–Kier alpha value is -2.47. The topological polar surface area (TPSA) is 83.1 Å². The third-order valence-electron chi connectivity index (χ3n) is 4.17. The number of benzene rings is 1. The number of nitrogens with zero attached hydrogens (tertiary/aromatic N) is 1. The number of quaternary nitrogens is 1. The van der Waals surface area contributed by atoms with Crippen LogP contribution in [0.4, 0.5) is 10.5 Å². The molecule has 6 heteroatoms. The minimum Gasteiger partial charge on any atom is -0.314 e. The second-order valence-electron chi connectivity index (χ2n) is 6.03. The highest BCUT2D eigenvalue weighted by Gasteiger charge is 2.46. The van der Waals surface area contributed by atoms with Gasteiger partial charge in [-0.25, -0.2) is 9.69 Å². The minimum atomic E-state index is -0.959. The lowest BCUT2D eigenvalue weighted by Crippen LogP contribution is -2.86. The lowest BCUT2D eigenvalue weighted by molar-refractivity contribution is -0.624. The van der Waals surface area contributed by atoms with Crippen LogP contribution in [-0.2, 0) is 9.59 Å². The maximum atomic E-state index is 12.8. The van der Waals surface area contributed by atoms with Crippen molar-refractivity contribution in [3.05, 3.63) is 41.6 Å². The van der Waals surface area contributed by atoms with Gasteiger partial charge in [0.2, 0.25) is 0 Å². The van der Waals surface area contributed by atoms with E-state index in [2.05, 4.69) is 5.32 Å². The summed E-state index contributed by atoms with van der Waals surface area (Å²) in [7, 11) is 0. The first-order valence-corrected chi connectivity index (χ1v) is 7.78. The number of aryl methyl sites for hydroxylation is 1. The molecule has 1 aromatic carbocycles. The highest BCUT2D eigenvalue weighted by molar-refractivity contribution is 6.28. The third-order valence-corrected chi connectivity index (χ3v) is 4.17. The van der Waals surface area contributed by atoms with Gasteiger partial charge in [-0.3, -0.25) is 14.9 Å². The van der Waals surface area contributed by atoms with Crippen LogP contribution in [0.25, 0.3) is 0 Å². The molecular weight excluding hydrogens is 294 g/mol. The summed E-state index contributed by atoms with van der Waals surface area (Å²) in [6.45, 7) is 3.73. The number of barbiturate groups is 1. The molecule has 3 N–H and O–H groups in total. The monoisotopic (exact) mass is 314 g/mol. The molecule has 3 rings (SSSR count). The van der Waals surface area contributed by atoms with Gasteiger partial charge in [0.1, 0.15) is 5.70 Å². The Morgan fingerprint density at radius 1 is 1.22 bits per heavy atom. The van der Waals surface area contributed by atoms with Crippen LogP contribution in [0, 0.1) is 12.8 Å². The van der Waals surface area contributed by atoms with Gasteiger partial charge in [0.15, 0.2) is 5.92 Å². The second-order valence-corrected chi connectivity index (χ2v) is 6.03. The van der Waals surface area contributed by atoms with Gasteiger partial charge in [-0.1, -0.05) is 17.7 Å². The highest BCUT2D eigenvalue weighted by Crippen LogP contribution is 2.24. The van der Waals surface area contributed by atoms with Crippen LogP contribution in [0.15, 0.2) is 36.0 Å². The van der Waals surface area contributed by atoms with Crippen molar-refractivity contribution in [2.75, 3.05) is 4.90 Å². The molecule has 2 aliphatic rings. The zero-order valence-corrected chi connectivity index (χ0v) is 13.2. The zero-order chi connectivity index (χ0) is 16.6. The molecule has 23 heavy (non-hydrogen) atoms. The first-order valence-electron chi connectivity index (χ1n) is 7.78. The van der Waals surface area contributed by atoms with E-state index in [0.717, 1.165) is 23.3 Å². The summed E-state index contributed by atoms with van der Waals surface area (Å²) in [5.74, 6) is -2.00. The minimum absolute atomic E-state index is 0.437. The van der Waals surface area contributed by atoms with E-state index in [-0.39, 0.29) is 0 Å². The number of anilines is 1. The number of carbonyl (C=O) groups excluding carboxylic acids is 3. The number of amides is 4. The largest absolute Gasteiger partial charge is 0.335 e. The van der Waals surface area contributed by atoms with Gasteiger partial charge in [-0.15, -0.1) is 0 Å². The number of rotatable bonds is 4. The molecule has 1 aromatic rings. The van der Waals surface area contributed by atoms with Crippen LogP contribution in [0.5, 0.6) is 0 Å². The quantitative estimate of drug-likeness (QED) is 0.807. The van der Waals surface area contributed by atoms with Gasteiger partial charge in [-0.2, -0.15) is 0 Å². The number of urea groups is 1. The lowest BCUT2D eigenvalue weighted by Gasteiger charge is -2.30. The van der Waals surface area contributed by atoms with Gasteiger partial charge in [-0.05, 0) is 32.1 Å². The fraction of sp³-hybridized carbons (Fsp3) is 0.353. The predicted octanol–water partition coefficient (Wildman–Crippen LogP) is 0.824. The Morgan fingerprint density at radius 3 is 2.43 bits per heavy atom. The van der Waals surface area contributed by atoms with Crippen molar-refractivity contribution in [3.8, 4) is 0 Å². The molecule has 1 saturated heterocycles. The number of allylic oxidation sites excluding steroid dienone is 1. The predicted molar refractivity (Wildman–Crippen MR) is 84.4 cm³/mol. The van der Waals surface area contributed by atoms with Crippen LogP contribution >= 0.6 is 0 Å². The standard InChI is InChI=1S/C17H19N3O3/c1-3-13(18-11-6-7-11)14-15(21)19-17(23)20(16(14)22)12-8-4-10(2)5-9-12/h3-5,8-9,11,14,18H,6-7H2,1-2H3,(H,19,21,23)/p+1/b13-3-/t14-/m1/s1. The molecule has 1 aliphatic heterocycles. The van der Waals surface area contributed by atoms with Gasteiger partial charge in [0, 0.05) is 12.8 Å². The van der Waals surface area contributed by atoms with E-state index >= 15 is 0 Å². The molecule has 4 amide bonds. The summed E-state index contributed by atoms with van der Waals surface area (Å²) in [6.07, 6.45) is 3.95. The summed E-state index contributed by atoms with van der Waals surface area (Å²) < 4.78 is 0. The van der Waals surface area contributed by atoms with Gasteiger partial charge >= 0.3 is 6.03 Å². The number of nitrogens with two attached hydrogens (primary N) is 1. The molecule has 0 spiro atoms. The maximum Gasteiger partial charge on any atom is 0.335 e. The number of hydrogen-bond donors (Lipinski definition) is 2. The molecule has 6 nitrogen and oxygen atoms in total. The Bertz CT molecular complexity index is 690. The van der Waals surface area contributed by atoms with Crippen LogP contribution in [-0.4, -0.2) is 23.9 Å². The molecule has 1 saturated carbocycles. The van der Waals surface area contributed by atoms with E-state index in [1.54, 1.807) is 25.1 Å². The van der Waals surface area contributed by atoms with E-state index < -0.39 is 23.8 Å². The second kappa shape index (κ2) is 5.96. The van der Waals surface area contributed by atoms with Crippen LogP contribution < -0.4 is 15.5 Å². The van der Waals surface area contributed by atoms with Crippen molar-refractivity contribution in [2.45, 2.75) is 32.7 Å². The first-order chi connectivity index (χ1) is 11.0. The molecule has 1 aliphatic carbocycles. The lowest BCUT2D eigenvalue weighted by atomic mass is 9.99. The van der Waals surface area contributed by atoms with Crippen LogP contribution in [0.2, 0.25) is 0 Å². The van der Waals surface area contributed by atoms with Crippen molar-refractivity contribution >= 4 is 23.5 Å². The zero-order valence-electron chi connectivity index (χ0n) is 13.2. The average molecular weight is 314 g/mol. The number of imide groups is 2. The van der Waals surface area contributed by atoms with E-state index in [1.807, 2.05) is 24.4 Å². The highest BCUT2D eigenvalue weighted by atomic mass is 16.2. The fourth-order valence-electron chi connectivity index (χ4n) is 2.70. The number of carbonyl (C=O) groups is 3. The molecule has 2 fully saturated rings. The molecule has 1 atom stereocenters. The molecule has 0 radical (unpaired) electrons. The van der Waals surface area contributed by atoms with Crippen LogP contribution in [0.1, 0.15) is 25.3 Å². The molecule has 120 valence electrons. The summed E-state index contributed by atoms with van der Waals surface area (Å²) >= 11 is 0. The Balaban J connectivity index is 1.91. The summed E-state index contributed by atoms with van der Waals surface area (Å²) in [5.41, 5.74) is 2.18. The van der Waals surface area contributed by atoms with Crippen molar-refractivity contribution in [1.29, 1.82) is 0 Å². The number of hydrogen-bond acceptors (Lipinski definition) is 3. The smallest absolute Gasteiger partial charge is 0.314 e. The Labute approximate surface area is 134 Å². The molecule has 0 aromatic heterocycles. The van der Waals surface area contributed by atoms with Crippen molar-refractivity contribution in [1.82, 2.24) is 5.32 Å². The molecule has 0 unspecified atom stereocenters. The Kier molecular flexibility index (Phi) is 4.00. The van der Waals surface area contributed by atoms with Gasteiger partial charge in [0.25, 0.3) is 11.8 Å². The van der Waals surface area contributed by atoms with E-state index in [0.29, 0.717) is 17.4 Å².